The van der Waals surface area contributed by atoms with Gasteiger partial charge in [-0.1, -0.05) is 6.92 Å². The number of thiophene rings is 1. The Kier molecular flexibility index (Phi) is 2.90. The first-order valence-electron chi connectivity index (χ1n) is 3.43. The molecule has 1 heterocycles. The Bertz CT molecular complexity index is 193. The maximum Gasteiger partial charge on any atom is 0.0805 e. The van der Waals surface area contributed by atoms with Gasteiger partial charge in [-0.2, -0.15) is 0 Å². The summed E-state index contributed by atoms with van der Waals surface area (Å²) in [4.78, 5) is 2.76. The number of rotatable bonds is 3. The van der Waals surface area contributed by atoms with E-state index in [9.17, 15) is 0 Å². The average molecular weight is 156 g/mol. The Hall–Kier alpha value is -0.340. The summed E-state index contributed by atoms with van der Waals surface area (Å²) >= 11 is 1.83. The molecule has 1 aromatic rings. The van der Waals surface area contributed by atoms with Crippen LogP contribution in [0.4, 0.5) is 0 Å². The molecule has 0 radical (unpaired) electrons. The fourth-order valence-corrected chi connectivity index (χ4v) is 1.76. The minimum Gasteiger partial charge on any atom is -0.379 e. The third kappa shape index (κ3) is 1.82. The molecule has 56 valence electrons. The highest BCUT2D eigenvalue weighted by atomic mass is 32.1. The summed E-state index contributed by atoms with van der Waals surface area (Å²) in [6.07, 6.45) is 1.13. The topological polar surface area (TPSA) is 9.23 Å². The Morgan fingerprint density at radius 3 is 2.60 bits per heavy atom. The molecule has 0 spiro atoms. The lowest BCUT2D eigenvalue weighted by molar-refractivity contribution is 0.187. The first-order valence-corrected chi connectivity index (χ1v) is 4.25. The SMILES string of the molecule is CCc1ccc(COC)s1. The van der Waals surface area contributed by atoms with Crippen molar-refractivity contribution in [2.45, 2.75) is 20.0 Å². The lowest BCUT2D eigenvalue weighted by Gasteiger charge is -1.90. The van der Waals surface area contributed by atoms with Crippen LogP contribution in [0.2, 0.25) is 0 Å². The molecule has 0 amide bonds. The maximum absolute atomic E-state index is 5.00. The summed E-state index contributed by atoms with van der Waals surface area (Å²) in [6, 6.07) is 4.30. The molecule has 0 fully saturated rings. The zero-order valence-corrected chi connectivity index (χ0v) is 7.20. The second-order valence-corrected chi connectivity index (χ2v) is 3.41. The second-order valence-electron chi connectivity index (χ2n) is 2.15. The summed E-state index contributed by atoms with van der Waals surface area (Å²) in [6.45, 7) is 2.92. The highest BCUT2D eigenvalue weighted by Gasteiger charge is 1.95. The zero-order valence-electron chi connectivity index (χ0n) is 6.39. The van der Waals surface area contributed by atoms with Crippen molar-refractivity contribution < 1.29 is 4.74 Å². The van der Waals surface area contributed by atoms with Crippen molar-refractivity contribution in [3.05, 3.63) is 21.9 Å². The van der Waals surface area contributed by atoms with Crippen LogP contribution < -0.4 is 0 Å². The van der Waals surface area contributed by atoms with Crippen molar-refractivity contribution in [1.82, 2.24) is 0 Å². The number of hydrogen-bond acceptors (Lipinski definition) is 2. The smallest absolute Gasteiger partial charge is 0.0805 e. The van der Waals surface area contributed by atoms with Crippen LogP contribution in [0.25, 0.3) is 0 Å². The summed E-state index contributed by atoms with van der Waals surface area (Å²) < 4.78 is 5.00. The van der Waals surface area contributed by atoms with Crippen molar-refractivity contribution in [3.63, 3.8) is 0 Å². The fraction of sp³-hybridized carbons (Fsp3) is 0.500. The third-order valence-electron chi connectivity index (χ3n) is 1.35. The minimum atomic E-state index is 0.755. The van der Waals surface area contributed by atoms with Crippen molar-refractivity contribution in [1.29, 1.82) is 0 Å². The van der Waals surface area contributed by atoms with Gasteiger partial charge in [-0.25, -0.2) is 0 Å². The standard InChI is InChI=1S/C8H12OS/c1-3-7-4-5-8(10-7)6-9-2/h4-5H,3,6H2,1-2H3. The van der Waals surface area contributed by atoms with Crippen LogP contribution in [0.3, 0.4) is 0 Å². The van der Waals surface area contributed by atoms with E-state index in [1.54, 1.807) is 7.11 Å². The first kappa shape index (κ1) is 7.76. The fourth-order valence-electron chi connectivity index (χ4n) is 0.832. The first-order chi connectivity index (χ1) is 4.86. The molecule has 1 rings (SSSR count). The number of hydrogen-bond donors (Lipinski definition) is 0. The van der Waals surface area contributed by atoms with E-state index in [-0.39, 0.29) is 0 Å². The van der Waals surface area contributed by atoms with Crippen LogP contribution in [-0.2, 0) is 17.8 Å². The normalized spacial score (nSPS) is 10.2. The van der Waals surface area contributed by atoms with Gasteiger partial charge >= 0.3 is 0 Å². The largest absolute Gasteiger partial charge is 0.379 e. The van der Waals surface area contributed by atoms with Crippen LogP contribution in [0.1, 0.15) is 16.7 Å². The van der Waals surface area contributed by atoms with E-state index < -0.39 is 0 Å². The van der Waals surface area contributed by atoms with Gasteiger partial charge in [0.25, 0.3) is 0 Å². The molecule has 0 bridgehead atoms. The molecule has 2 heteroatoms. The summed E-state index contributed by atoms with van der Waals surface area (Å²) in [5.74, 6) is 0. The van der Waals surface area contributed by atoms with Crippen molar-refractivity contribution in [3.8, 4) is 0 Å². The number of aryl methyl sites for hydroxylation is 1. The molecule has 0 saturated heterocycles. The van der Waals surface area contributed by atoms with Crippen molar-refractivity contribution in [2.24, 2.45) is 0 Å². The monoisotopic (exact) mass is 156 g/mol. The molecule has 0 aliphatic rings. The van der Waals surface area contributed by atoms with E-state index in [2.05, 4.69) is 19.1 Å². The van der Waals surface area contributed by atoms with Crippen molar-refractivity contribution in [2.75, 3.05) is 7.11 Å². The molecule has 0 saturated carbocycles. The third-order valence-corrected chi connectivity index (χ3v) is 2.56. The van der Waals surface area contributed by atoms with Gasteiger partial charge in [-0.3, -0.25) is 0 Å². The summed E-state index contributed by atoms with van der Waals surface area (Å²) in [5, 5.41) is 0. The van der Waals surface area contributed by atoms with Crippen molar-refractivity contribution >= 4 is 11.3 Å². The Labute approximate surface area is 65.6 Å². The highest BCUT2D eigenvalue weighted by molar-refractivity contribution is 7.11. The summed E-state index contributed by atoms with van der Waals surface area (Å²) in [5.41, 5.74) is 0. The zero-order chi connectivity index (χ0) is 7.40. The predicted molar refractivity (Wildman–Crippen MR) is 44.4 cm³/mol. The summed E-state index contributed by atoms with van der Waals surface area (Å²) in [7, 11) is 1.73. The van der Waals surface area contributed by atoms with Crippen LogP contribution in [0, 0.1) is 0 Å². The quantitative estimate of drug-likeness (QED) is 0.653. The van der Waals surface area contributed by atoms with Gasteiger partial charge in [0.2, 0.25) is 0 Å². The lowest BCUT2D eigenvalue weighted by atomic mass is 10.4. The van der Waals surface area contributed by atoms with Gasteiger partial charge < -0.3 is 4.74 Å². The average Bonchev–Trinajstić information content (AvgIpc) is 2.37. The Morgan fingerprint density at radius 2 is 2.10 bits per heavy atom. The van der Waals surface area contributed by atoms with E-state index in [1.165, 1.54) is 9.75 Å². The Morgan fingerprint density at radius 1 is 1.40 bits per heavy atom. The highest BCUT2D eigenvalue weighted by Crippen LogP contribution is 2.16. The predicted octanol–water partition coefficient (Wildman–Crippen LogP) is 2.46. The number of methoxy groups -OCH3 is 1. The molecule has 10 heavy (non-hydrogen) atoms. The van der Waals surface area contributed by atoms with Crippen LogP contribution >= 0.6 is 11.3 Å². The van der Waals surface area contributed by atoms with Crippen LogP contribution in [0.15, 0.2) is 12.1 Å². The van der Waals surface area contributed by atoms with Gasteiger partial charge in [0.1, 0.15) is 0 Å². The van der Waals surface area contributed by atoms with Gasteiger partial charge in [-0.05, 0) is 18.6 Å². The van der Waals surface area contributed by atoms with E-state index in [0.717, 1.165) is 13.0 Å². The lowest BCUT2D eigenvalue weighted by Crippen LogP contribution is -1.79. The molecule has 0 N–H and O–H groups in total. The molecule has 0 unspecified atom stereocenters. The van der Waals surface area contributed by atoms with Crippen LogP contribution in [-0.4, -0.2) is 7.11 Å². The molecular formula is C8H12OS. The molecular weight excluding hydrogens is 144 g/mol. The minimum absolute atomic E-state index is 0.755. The van der Waals surface area contributed by atoms with E-state index in [4.69, 9.17) is 4.74 Å². The molecule has 1 nitrogen and oxygen atoms in total. The van der Waals surface area contributed by atoms with Gasteiger partial charge in [0.05, 0.1) is 6.61 Å². The number of ether oxygens (including phenoxy) is 1. The second kappa shape index (κ2) is 3.74. The molecule has 0 atom stereocenters. The maximum atomic E-state index is 5.00. The van der Waals surface area contributed by atoms with E-state index >= 15 is 0 Å². The van der Waals surface area contributed by atoms with Gasteiger partial charge in [0, 0.05) is 16.9 Å². The van der Waals surface area contributed by atoms with E-state index in [0.29, 0.717) is 0 Å². The molecule has 0 aliphatic carbocycles. The molecule has 0 aromatic carbocycles. The van der Waals surface area contributed by atoms with Gasteiger partial charge in [-0.15, -0.1) is 11.3 Å². The van der Waals surface area contributed by atoms with Crippen LogP contribution in [0.5, 0.6) is 0 Å². The molecule has 1 aromatic heterocycles. The van der Waals surface area contributed by atoms with E-state index in [1.807, 2.05) is 11.3 Å². The van der Waals surface area contributed by atoms with Gasteiger partial charge in [0.15, 0.2) is 0 Å². The molecule has 0 aliphatic heterocycles. The Balaban J connectivity index is 2.59.